The van der Waals surface area contributed by atoms with Crippen LogP contribution >= 0.6 is 0 Å². The van der Waals surface area contributed by atoms with Crippen LogP contribution in [0, 0.1) is 5.92 Å². The summed E-state index contributed by atoms with van der Waals surface area (Å²) in [6.07, 6.45) is 0.813. The van der Waals surface area contributed by atoms with Gasteiger partial charge in [-0.1, -0.05) is 20.3 Å². The third-order valence-electron chi connectivity index (χ3n) is 1.54. The third kappa shape index (κ3) is 5.17. The molecule has 0 aromatic heterocycles. The Balaban J connectivity index is -0.000000320. The van der Waals surface area contributed by atoms with Crippen LogP contribution in [0.25, 0.3) is 0 Å². The Morgan fingerprint density at radius 2 is 2.20 bits per heavy atom. The van der Waals surface area contributed by atoms with Gasteiger partial charge in [0.25, 0.3) is 0 Å². The number of hydrogen-bond donors (Lipinski definition) is 2. The van der Waals surface area contributed by atoms with Crippen molar-refractivity contribution >= 4 is 5.97 Å². The van der Waals surface area contributed by atoms with Crippen LogP contribution in [0.4, 0.5) is 0 Å². The Morgan fingerprint density at radius 1 is 1.80 bits per heavy atom. The second-order valence-electron chi connectivity index (χ2n) is 2.25. The maximum Gasteiger partial charge on any atom is 1.00 e. The van der Waals surface area contributed by atoms with E-state index in [0.717, 1.165) is 6.42 Å². The number of rotatable bonds is 3. The smallest absolute Gasteiger partial charge is 1.00 e. The summed E-state index contributed by atoms with van der Waals surface area (Å²) < 4.78 is 0. The molecule has 0 spiro atoms. The fourth-order valence-corrected chi connectivity index (χ4v) is 0.497. The number of carbonyl (C=O) groups is 1. The molecule has 0 rings (SSSR count). The Kier molecular flexibility index (Phi) is 10.0. The normalized spacial score (nSPS) is 15.1. The maximum absolute atomic E-state index is 10.2. The van der Waals surface area contributed by atoms with Gasteiger partial charge in [-0.2, -0.15) is 0 Å². The Bertz CT molecular complexity index is 113. The molecule has 0 radical (unpaired) electrons. The molecule has 4 heteroatoms. The van der Waals surface area contributed by atoms with Crippen molar-refractivity contribution in [3.8, 4) is 0 Å². The van der Waals surface area contributed by atoms with Gasteiger partial charge in [-0.05, 0) is 5.92 Å². The summed E-state index contributed by atoms with van der Waals surface area (Å²) >= 11 is 0. The minimum Gasteiger partial charge on any atom is -1.00 e. The second-order valence-corrected chi connectivity index (χ2v) is 2.25. The summed E-state index contributed by atoms with van der Waals surface area (Å²) in [7, 11) is 0. The molecule has 0 aliphatic carbocycles. The molecule has 0 bridgehead atoms. The summed E-state index contributed by atoms with van der Waals surface area (Å²) in [4.78, 5) is 10.2. The van der Waals surface area contributed by atoms with E-state index < -0.39 is 12.0 Å². The second kappa shape index (κ2) is 7.15. The average Bonchev–Trinajstić information content (AvgIpc) is 1.84. The Labute approximate surface area is 122 Å². The number of carboxylic acid groups (broad SMARTS) is 1. The minimum absolute atomic E-state index is 0. The zero-order valence-corrected chi connectivity index (χ0v) is 13.1. The molecule has 0 heterocycles. The first-order valence-corrected chi connectivity index (χ1v) is 3.08. The van der Waals surface area contributed by atoms with Gasteiger partial charge in [-0.15, -0.1) is 0 Å². The maximum atomic E-state index is 10.2. The zero-order chi connectivity index (χ0) is 7.44. The van der Waals surface area contributed by atoms with Crippen molar-refractivity contribution in [3.05, 3.63) is 0 Å². The minimum atomic E-state index is -0.913. The van der Waals surface area contributed by atoms with Crippen molar-refractivity contribution < 1.29 is 80.2 Å². The molecule has 0 saturated heterocycles. The van der Waals surface area contributed by atoms with Gasteiger partial charge in [0.05, 0.1) is 0 Å². The molecule has 0 saturated carbocycles. The molecule has 3 nitrogen and oxygen atoms in total. The van der Waals surface area contributed by atoms with Crippen LogP contribution < -0.4 is 74.6 Å². The molecular weight excluding hydrogens is 251 g/mol. The zero-order valence-electron chi connectivity index (χ0n) is 7.79. The van der Waals surface area contributed by atoms with Crippen LogP contribution in [-0.2, 0) is 4.79 Å². The molecule has 2 atom stereocenters. The van der Waals surface area contributed by atoms with Gasteiger partial charge in [-0.3, -0.25) is 4.79 Å². The van der Waals surface area contributed by atoms with Gasteiger partial charge in [0.15, 0.2) is 0 Å². The number of aliphatic carboxylic acids is 1. The fourth-order valence-electron chi connectivity index (χ4n) is 0.497. The Morgan fingerprint density at radius 3 is 2.30 bits per heavy atom. The molecule has 0 fully saturated rings. The predicted octanol–water partition coefficient (Wildman–Crippen LogP) is -2.44. The molecule has 0 aromatic carbocycles. The van der Waals surface area contributed by atoms with E-state index in [-0.39, 0.29) is 76.2 Å². The standard InChI is InChI=1S/C6H13NO2.Cs.H/c1-3-4(2)5(7)6(8)9;;/h4-5H,3,7H2,1-2H3,(H,8,9);;/q;+1;-1. The topological polar surface area (TPSA) is 63.3 Å². The van der Waals surface area contributed by atoms with E-state index in [4.69, 9.17) is 10.8 Å². The first-order chi connectivity index (χ1) is 4.09. The average molecular weight is 265 g/mol. The van der Waals surface area contributed by atoms with Crippen molar-refractivity contribution in [1.82, 2.24) is 0 Å². The van der Waals surface area contributed by atoms with Gasteiger partial charge in [0.1, 0.15) is 6.04 Å². The molecule has 3 N–H and O–H groups in total. The molecule has 0 aromatic rings. The molecule has 10 heavy (non-hydrogen) atoms. The van der Waals surface area contributed by atoms with Crippen LogP contribution in [0.1, 0.15) is 21.7 Å². The predicted molar refractivity (Wildman–Crippen MR) is 36.2 cm³/mol. The largest absolute Gasteiger partial charge is 1.00 e. The van der Waals surface area contributed by atoms with E-state index in [9.17, 15) is 4.79 Å². The monoisotopic (exact) mass is 265 g/mol. The van der Waals surface area contributed by atoms with Crippen LogP contribution in [0.3, 0.4) is 0 Å². The van der Waals surface area contributed by atoms with Crippen LogP contribution in [0.2, 0.25) is 0 Å². The molecule has 0 amide bonds. The molecule has 0 aliphatic rings. The first-order valence-electron chi connectivity index (χ1n) is 3.08. The first kappa shape index (κ1) is 14.0. The van der Waals surface area contributed by atoms with Gasteiger partial charge < -0.3 is 12.3 Å². The molecule has 2 unspecified atom stereocenters. The van der Waals surface area contributed by atoms with E-state index in [2.05, 4.69) is 0 Å². The SMILES string of the molecule is CCC(C)C(N)C(=O)O.[Cs+].[H-]. The van der Waals surface area contributed by atoms with E-state index in [0.29, 0.717) is 0 Å². The van der Waals surface area contributed by atoms with Crippen molar-refractivity contribution in [1.29, 1.82) is 0 Å². The van der Waals surface area contributed by atoms with Crippen molar-refractivity contribution in [2.75, 3.05) is 0 Å². The van der Waals surface area contributed by atoms with Crippen LogP contribution in [-0.4, -0.2) is 17.1 Å². The van der Waals surface area contributed by atoms with Gasteiger partial charge in [0.2, 0.25) is 0 Å². The quantitative estimate of drug-likeness (QED) is 0.596. The summed E-state index contributed by atoms with van der Waals surface area (Å²) in [5.74, 6) is -0.841. The van der Waals surface area contributed by atoms with E-state index in [1.165, 1.54) is 0 Å². The number of nitrogens with two attached hydrogens (primary N) is 1. The third-order valence-corrected chi connectivity index (χ3v) is 1.54. The summed E-state index contributed by atoms with van der Waals surface area (Å²) in [5.41, 5.74) is 5.27. The molecule has 56 valence electrons. The van der Waals surface area contributed by atoms with Crippen molar-refractivity contribution in [2.24, 2.45) is 11.7 Å². The van der Waals surface area contributed by atoms with Crippen molar-refractivity contribution in [2.45, 2.75) is 26.3 Å². The number of hydrogen-bond acceptors (Lipinski definition) is 2. The van der Waals surface area contributed by atoms with Gasteiger partial charge in [0, 0.05) is 0 Å². The van der Waals surface area contributed by atoms with E-state index >= 15 is 0 Å². The van der Waals surface area contributed by atoms with Gasteiger partial charge >= 0.3 is 74.9 Å². The van der Waals surface area contributed by atoms with Crippen molar-refractivity contribution in [3.63, 3.8) is 0 Å². The van der Waals surface area contributed by atoms with Gasteiger partial charge in [-0.25, -0.2) is 0 Å². The Hall–Kier alpha value is 1.48. The summed E-state index contributed by atoms with van der Waals surface area (Å²) in [6.45, 7) is 3.76. The summed E-state index contributed by atoms with van der Waals surface area (Å²) in [5, 5.41) is 8.36. The fraction of sp³-hybridized carbons (Fsp3) is 0.833. The van der Waals surface area contributed by atoms with E-state index in [1.54, 1.807) is 0 Å². The van der Waals surface area contributed by atoms with E-state index in [1.807, 2.05) is 13.8 Å². The molecule has 0 aliphatic heterocycles. The number of carboxylic acids is 1. The van der Waals surface area contributed by atoms with Crippen LogP contribution in [0.5, 0.6) is 0 Å². The van der Waals surface area contributed by atoms with Crippen LogP contribution in [0.15, 0.2) is 0 Å². The summed E-state index contributed by atoms with van der Waals surface area (Å²) in [6, 6.07) is -0.699. The molecular formula is C6H14CsNO2.